The second-order valence-corrected chi connectivity index (χ2v) is 4.70. The first kappa shape index (κ1) is 14.4. The molecule has 1 amide bonds. The Kier molecular flexibility index (Phi) is 3.62. The first-order valence-corrected chi connectivity index (χ1v) is 5.77. The maximum atomic E-state index is 13.2. The third-order valence-electron chi connectivity index (χ3n) is 1.77. The van der Waals surface area contributed by atoms with Gasteiger partial charge in [0.25, 0.3) is 0 Å². The van der Waals surface area contributed by atoms with Crippen molar-refractivity contribution in [1.82, 2.24) is 0 Å². The second kappa shape index (κ2) is 4.53. The van der Waals surface area contributed by atoms with Crippen LogP contribution in [0.3, 0.4) is 0 Å². The Morgan fingerprint density at radius 2 is 1.83 bits per heavy atom. The Balaban J connectivity index is 3.05. The van der Waals surface area contributed by atoms with Crippen LogP contribution in [-0.2, 0) is 14.8 Å². The van der Waals surface area contributed by atoms with Crippen molar-refractivity contribution in [1.29, 1.82) is 0 Å². The lowest BCUT2D eigenvalue weighted by Gasteiger charge is -2.09. The van der Waals surface area contributed by atoms with Gasteiger partial charge in [-0.2, -0.15) is 13.2 Å². The van der Waals surface area contributed by atoms with Gasteiger partial charge in [-0.05, 0) is 18.2 Å². The van der Waals surface area contributed by atoms with Crippen molar-refractivity contribution in [3.05, 3.63) is 24.0 Å². The van der Waals surface area contributed by atoms with Crippen molar-refractivity contribution >= 4 is 21.6 Å². The van der Waals surface area contributed by atoms with Crippen LogP contribution in [0.25, 0.3) is 0 Å². The molecule has 0 aliphatic rings. The zero-order valence-electron chi connectivity index (χ0n) is 8.45. The number of carbonyl (C=O) groups excluding carboxylic acids is 1. The Morgan fingerprint density at radius 3 is 2.22 bits per heavy atom. The lowest BCUT2D eigenvalue weighted by molar-refractivity contribution is -0.167. The molecule has 1 aromatic carbocycles. The number of hydrogen-bond acceptors (Lipinski definition) is 3. The van der Waals surface area contributed by atoms with E-state index in [1.54, 1.807) is 0 Å². The van der Waals surface area contributed by atoms with Crippen LogP contribution in [0.5, 0.6) is 0 Å². The van der Waals surface area contributed by atoms with E-state index in [1.165, 1.54) is 5.32 Å². The van der Waals surface area contributed by atoms with Gasteiger partial charge in [0.2, 0.25) is 10.0 Å². The average Bonchev–Trinajstić information content (AvgIpc) is 2.17. The van der Waals surface area contributed by atoms with Crippen molar-refractivity contribution in [2.75, 3.05) is 5.32 Å². The molecule has 18 heavy (non-hydrogen) atoms. The number of amides is 1. The summed E-state index contributed by atoms with van der Waals surface area (Å²) in [7, 11) is -4.17. The van der Waals surface area contributed by atoms with Crippen LogP contribution in [-0.4, -0.2) is 20.5 Å². The van der Waals surface area contributed by atoms with Gasteiger partial charge in [0.1, 0.15) is 5.82 Å². The summed E-state index contributed by atoms with van der Waals surface area (Å²) in [4.78, 5) is 9.90. The monoisotopic (exact) mass is 286 g/mol. The third kappa shape index (κ3) is 3.40. The van der Waals surface area contributed by atoms with Gasteiger partial charge in [-0.1, -0.05) is 0 Å². The van der Waals surface area contributed by atoms with E-state index in [1.807, 2.05) is 0 Å². The maximum Gasteiger partial charge on any atom is 0.471 e. The molecule has 0 aliphatic carbocycles. The van der Waals surface area contributed by atoms with Crippen molar-refractivity contribution in [2.45, 2.75) is 11.1 Å². The van der Waals surface area contributed by atoms with Crippen molar-refractivity contribution in [3.8, 4) is 0 Å². The molecule has 0 aliphatic heterocycles. The number of nitrogens with two attached hydrogens (primary N) is 1. The summed E-state index contributed by atoms with van der Waals surface area (Å²) in [6.45, 7) is 0. The van der Waals surface area contributed by atoms with Crippen LogP contribution in [0.4, 0.5) is 23.2 Å². The molecule has 0 saturated carbocycles. The smallest absolute Gasteiger partial charge is 0.316 e. The van der Waals surface area contributed by atoms with Crippen LogP contribution in [0.15, 0.2) is 23.1 Å². The van der Waals surface area contributed by atoms with Gasteiger partial charge in [0, 0.05) is 0 Å². The van der Waals surface area contributed by atoms with Crippen molar-refractivity contribution < 1.29 is 30.8 Å². The van der Waals surface area contributed by atoms with Gasteiger partial charge in [0.05, 0.1) is 10.6 Å². The summed E-state index contributed by atoms with van der Waals surface area (Å²) < 4.78 is 70.5. The zero-order valence-corrected chi connectivity index (χ0v) is 9.27. The molecule has 5 nitrogen and oxygen atoms in total. The highest BCUT2D eigenvalue weighted by Gasteiger charge is 2.39. The minimum Gasteiger partial charge on any atom is -0.316 e. The average molecular weight is 286 g/mol. The highest BCUT2D eigenvalue weighted by molar-refractivity contribution is 7.89. The van der Waals surface area contributed by atoms with Crippen LogP contribution in [0, 0.1) is 5.82 Å². The number of rotatable bonds is 2. The first-order chi connectivity index (χ1) is 8.01. The molecule has 0 fully saturated rings. The number of halogens is 4. The Morgan fingerprint density at radius 1 is 1.28 bits per heavy atom. The van der Waals surface area contributed by atoms with Crippen molar-refractivity contribution in [2.24, 2.45) is 5.14 Å². The molecular weight excluding hydrogens is 280 g/mol. The van der Waals surface area contributed by atoms with E-state index in [4.69, 9.17) is 0 Å². The minimum atomic E-state index is -5.18. The predicted octanol–water partition coefficient (Wildman–Crippen LogP) is 0.974. The van der Waals surface area contributed by atoms with E-state index in [0.29, 0.717) is 12.1 Å². The summed E-state index contributed by atoms with van der Waals surface area (Å²) in [5.41, 5.74) is -0.801. The molecule has 0 heterocycles. The molecule has 0 saturated heterocycles. The number of hydrogen-bond donors (Lipinski definition) is 2. The van der Waals surface area contributed by atoms with Gasteiger partial charge in [-0.3, -0.25) is 4.79 Å². The summed E-state index contributed by atoms with van der Waals surface area (Å²) in [5.74, 6) is -3.72. The SMILES string of the molecule is NS(=O)(=O)c1ccc(NC(=O)C(F)(F)F)c(F)c1. The summed E-state index contributed by atoms with van der Waals surface area (Å²) in [6, 6.07) is 1.84. The highest BCUT2D eigenvalue weighted by atomic mass is 32.2. The topological polar surface area (TPSA) is 89.3 Å². The fourth-order valence-corrected chi connectivity index (χ4v) is 1.49. The van der Waals surface area contributed by atoms with E-state index in [-0.39, 0.29) is 0 Å². The Hall–Kier alpha value is -1.68. The van der Waals surface area contributed by atoms with E-state index >= 15 is 0 Å². The van der Waals surface area contributed by atoms with Crippen molar-refractivity contribution in [3.63, 3.8) is 0 Å². The quantitative estimate of drug-likeness (QED) is 0.794. The lowest BCUT2D eigenvalue weighted by atomic mass is 10.3. The van der Waals surface area contributed by atoms with Gasteiger partial charge in [0.15, 0.2) is 0 Å². The molecule has 1 rings (SSSR count). The minimum absolute atomic E-state index is 0.404. The molecule has 0 atom stereocenters. The van der Waals surface area contributed by atoms with E-state index in [2.05, 4.69) is 5.14 Å². The molecule has 0 bridgehead atoms. The molecule has 10 heteroatoms. The second-order valence-electron chi connectivity index (χ2n) is 3.14. The highest BCUT2D eigenvalue weighted by Crippen LogP contribution is 2.22. The predicted molar refractivity (Wildman–Crippen MR) is 52.5 cm³/mol. The number of alkyl halides is 3. The van der Waals surface area contributed by atoms with Crippen LogP contribution in [0.2, 0.25) is 0 Å². The number of nitrogens with one attached hydrogen (secondary N) is 1. The fraction of sp³-hybridized carbons (Fsp3) is 0.125. The van der Waals surface area contributed by atoms with Gasteiger partial charge in [-0.25, -0.2) is 17.9 Å². The molecule has 3 N–H and O–H groups in total. The number of benzene rings is 1. The van der Waals surface area contributed by atoms with E-state index in [9.17, 15) is 30.8 Å². The molecule has 0 radical (unpaired) electrons. The molecular formula is C8H6F4N2O3S. The third-order valence-corrected chi connectivity index (χ3v) is 2.69. The number of anilines is 1. The van der Waals surface area contributed by atoms with Gasteiger partial charge < -0.3 is 5.32 Å². The standard InChI is InChI=1S/C8H6F4N2O3S/c9-5-3-4(18(13,16)17)1-2-6(5)14-7(15)8(10,11)12/h1-3H,(H,14,15)(H2,13,16,17). The Bertz CT molecular complexity index is 582. The Labute approximate surface area is 98.6 Å². The summed E-state index contributed by atoms with van der Waals surface area (Å²) >= 11 is 0. The summed E-state index contributed by atoms with van der Waals surface area (Å²) in [5, 5.41) is 5.94. The first-order valence-electron chi connectivity index (χ1n) is 4.22. The molecule has 1 aromatic rings. The molecule has 0 unspecified atom stereocenters. The van der Waals surface area contributed by atoms with Crippen LogP contribution < -0.4 is 10.5 Å². The number of sulfonamides is 1. The number of primary sulfonamides is 1. The molecule has 0 aromatic heterocycles. The van der Waals surface area contributed by atoms with Gasteiger partial charge >= 0.3 is 12.1 Å². The van der Waals surface area contributed by atoms with E-state index in [0.717, 1.165) is 6.07 Å². The molecule has 100 valence electrons. The van der Waals surface area contributed by atoms with E-state index < -0.39 is 38.5 Å². The van der Waals surface area contributed by atoms with Crippen LogP contribution in [0.1, 0.15) is 0 Å². The lowest BCUT2D eigenvalue weighted by Crippen LogP contribution is -2.30. The van der Waals surface area contributed by atoms with Crippen LogP contribution >= 0.6 is 0 Å². The largest absolute Gasteiger partial charge is 0.471 e. The number of carbonyl (C=O) groups is 1. The van der Waals surface area contributed by atoms with Gasteiger partial charge in [-0.15, -0.1) is 0 Å². The molecule has 0 spiro atoms. The fourth-order valence-electron chi connectivity index (χ4n) is 0.967. The zero-order chi connectivity index (χ0) is 14.1. The summed E-state index contributed by atoms with van der Waals surface area (Å²) in [6.07, 6.45) is -5.18. The normalized spacial score (nSPS) is 12.3. The maximum absolute atomic E-state index is 13.2.